The van der Waals surface area contributed by atoms with Gasteiger partial charge in [-0.15, -0.1) is 0 Å². The third-order valence-electron chi connectivity index (χ3n) is 3.52. The number of Topliss-reactive ketones (excluding diaryl/α,β-unsaturated/α-hetero) is 1. The molecule has 2 nitrogen and oxygen atoms in total. The van der Waals surface area contributed by atoms with Gasteiger partial charge in [0.05, 0.1) is 0 Å². The maximum atomic E-state index is 12.8. The van der Waals surface area contributed by atoms with Crippen LogP contribution in [0.2, 0.25) is 0 Å². The lowest BCUT2D eigenvalue weighted by molar-refractivity contribution is 0.0975. The van der Waals surface area contributed by atoms with E-state index in [-0.39, 0.29) is 5.78 Å². The first kappa shape index (κ1) is 14.7. The predicted octanol–water partition coefficient (Wildman–Crippen LogP) is 4.99. The summed E-state index contributed by atoms with van der Waals surface area (Å²) in [6.07, 6.45) is 0. The minimum absolute atomic E-state index is 0.0276. The first-order chi connectivity index (χ1) is 11.3. The molecule has 0 saturated heterocycles. The van der Waals surface area contributed by atoms with Gasteiger partial charge in [-0.2, -0.15) is 0 Å². The zero-order valence-electron chi connectivity index (χ0n) is 12.6. The van der Waals surface area contributed by atoms with Gasteiger partial charge in [-0.1, -0.05) is 83.7 Å². The van der Waals surface area contributed by atoms with Crippen molar-refractivity contribution in [1.29, 1.82) is 0 Å². The summed E-state index contributed by atoms with van der Waals surface area (Å²) in [4.78, 5) is 17.3. The van der Waals surface area contributed by atoms with Crippen molar-refractivity contribution >= 4 is 5.78 Å². The number of rotatable bonds is 3. The molecule has 1 unspecified atom stereocenters. The second-order valence-electron chi connectivity index (χ2n) is 5.15. The summed E-state index contributed by atoms with van der Waals surface area (Å²) in [7, 11) is 0. The van der Waals surface area contributed by atoms with Gasteiger partial charge in [-0.25, -0.2) is 0 Å². The summed E-state index contributed by atoms with van der Waals surface area (Å²) in [6.45, 7) is 0. The first-order valence-electron chi connectivity index (χ1n) is 7.50. The van der Waals surface area contributed by atoms with E-state index in [0.29, 0.717) is 5.56 Å². The molecule has 1 atom stereocenters. The van der Waals surface area contributed by atoms with Crippen molar-refractivity contribution in [2.24, 2.45) is 0 Å². The largest absolute Gasteiger partial charge is 0.359 e. The van der Waals surface area contributed by atoms with Crippen LogP contribution in [0.4, 0.5) is 0 Å². The van der Waals surface area contributed by atoms with Crippen molar-refractivity contribution in [3.05, 3.63) is 113 Å². The first-order valence-corrected chi connectivity index (χ1v) is 7.50. The summed E-state index contributed by atoms with van der Waals surface area (Å²) >= 11 is 0. The molecule has 0 bridgehead atoms. The van der Waals surface area contributed by atoms with E-state index in [1.807, 2.05) is 91.0 Å². The van der Waals surface area contributed by atoms with E-state index >= 15 is 0 Å². The summed E-state index contributed by atoms with van der Waals surface area (Å²) in [6, 6.07) is 30.9. The van der Waals surface area contributed by atoms with Crippen LogP contribution in [0.5, 0.6) is 0 Å². The van der Waals surface area contributed by atoms with Gasteiger partial charge in [0.1, 0.15) is 5.56 Å². The zero-order chi connectivity index (χ0) is 15.9. The van der Waals surface area contributed by atoms with Gasteiger partial charge in [0, 0.05) is 11.1 Å². The quantitative estimate of drug-likeness (QED) is 0.624. The highest BCUT2D eigenvalue weighted by Gasteiger charge is 2.30. The topological polar surface area (TPSA) is 21.4 Å². The van der Waals surface area contributed by atoms with Gasteiger partial charge < -0.3 is 0 Å². The van der Waals surface area contributed by atoms with Crippen molar-refractivity contribution in [3.8, 4) is 6.07 Å². The molecule has 0 amide bonds. The second-order valence-corrected chi connectivity index (χ2v) is 5.15. The monoisotopic (exact) mass is 298 g/mol. The minimum Gasteiger partial charge on any atom is -0.285 e. The van der Waals surface area contributed by atoms with E-state index in [2.05, 4.69) is 10.9 Å². The number of carbonyl (C=O) groups is 1. The smallest absolute Gasteiger partial charge is 0.285 e. The molecule has 0 aromatic heterocycles. The molecule has 0 saturated carbocycles. The number of hydrogen-bond acceptors (Lipinski definition) is 1. The normalized spacial score (nSPS) is 11.1. The number of carbonyl (C=O) groups excluding carboxylic acids is 1. The van der Waals surface area contributed by atoms with Gasteiger partial charge in [-0.05, 0) is 12.1 Å². The van der Waals surface area contributed by atoms with Gasteiger partial charge >= 0.3 is 12.1 Å². The number of benzene rings is 3. The molecule has 0 heterocycles. The molecular formula is C21H16NO+. The van der Waals surface area contributed by atoms with Crippen molar-refractivity contribution in [3.63, 3.8) is 0 Å². The van der Waals surface area contributed by atoms with Crippen LogP contribution in [0.1, 0.15) is 27.5 Å². The minimum atomic E-state index is -0.584. The Morgan fingerprint density at radius 1 is 0.739 bits per heavy atom. The maximum absolute atomic E-state index is 12.8. The number of nitrogens with zero attached hydrogens (tertiary/aromatic N) is 1. The van der Waals surface area contributed by atoms with Crippen LogP contribution in [-0.4, -0.2) is 5.78 Å². The highest BCUT2D eigenvalue weighted by Crippen LogP contribution is 2.22. The van der Waals surface area contributed by atoms with Crippen LogP contribution in [-0.2, 0) is 0 Å². The lowest BCUT2D eigenvalue weighted by Crippen LogP contribution is -2.09. The van der Waals surface area contributed by atoms with Crippen LogP contribution in [0.25, 0.3) is 4.85 Å². The van der Waals surface area contributed by atoms with E-state index in [1.54, 1.807) is 0 Å². The fraction of sp³-hybridized carbons (Fsp3) is 0.0476. The van der Waals surface area contributed by atoms with E-state index in [9.17, 15) is 4.79 Å². The summed E-state index contributed by atoms with van der Waals surface area (Å²) in [5, 5.41) is 0. The highest BCUT2D eigenvalue weighted by atomic mass is 16.1. The molecule has 2 heteroatoms. The standard InChI is InChI=1S/C21H16NO/c23-21(19-14-8-3-9-15-19)20(18-12-6-2-7-13-18)22-16-17-10-4-1-5-11-17/h1-15,20H/q+1. The Balaban J connectivity index is 1.98. The van der Waals surface area contributed by atoms with Crippen LogP contribution in [0, 0.1) is 6.07 Å². The van der Waals surface area contributed by atoms with Gasteiger partial charge in [0.25, 0.3) is 5.78 Å². The summed E-state index contributed by atoms with van der Waals surface area (Å²) < 4.78 is 0. The van der Waals surface area contributed by atoms with E-state index < -0.39 is 6.04 Å². The Morgan fingerprint density at radius 2 is 1.26 bits per heavy atom. The molecule has 3 aromatic rings. The predicted molar refractivity (Wildman–Crippen MR) is 92.7 cm³/mol. The molecule has 0 spiro atoms. The molecule has 3 aromatic carbocycles. The Kier molecular flexibility index (Phi) is 4.61. The molecule has 0 radical (unpaired) electrons. The van der Waals surface area contributed by atoms with Crippen molar-refractivity contribution in [2.75, 3.05) is 0 Å². The molecular weight excluding hydrogens is 282 g/mol. The molecule has 0 aliphatic heterocycles. The fourth-order valence-electron chi connectivity index (χ4n) is 2.33. The van der Waals surface area contributed by atoms with E-state index in [1.165, 1.54) is 0 Å². The third-order valence-corrected chi connectivity index (χ3v) is 3.52. The average Bonchev–Trinajstić information content (AvgIpc) is 2.64. The van der Waals surface area contributed by atoms with Crippen molar-refractivity contribution in [1.82, 2.24) is 0 Å². The molecule has 110 valence electrons. The van der Waals surface area contributed by atoms with Gasteiger partial charge in [0.15, 0.2) is 0 Å². The number of hydrogen-bond donors (Lipinski definition) is 0. The van der Waals surface area contributed by atoms with Crippen LogP contribution in [0.15, 0.2) is 91.0 Å². The van der Waals surface area contributed by atoms with Crippen LogP contribution in [0.3, 0.4) is 0 Å². The Labute approximate surface area is 135 Å². The summed E-state index contributed by atoms with van der Waals surface area (Å²) in [5.74, 6) is -0.0276. The molecule has 0 fully saturated rings. The van der Waals surface area contributed by atoms with Gasteiger partial charge in [0.2, 0.25) is 0 Å². The lowest BCUT2D eigenvalue weighted by Gasteiger charge is -2.02. The fourth-order valence-corrected chi connectivity index (χ4v) is 2.33. The van der Waals surface area contributed by atoms with Crippen molar-refractivity contribution < 1.29 is 4.79 Å². The number of ketones is 1. The van der Waals surface area contributed by atoms with Crippen LogP contribution < -0.4 is 0 Å². The van der Waals surface area contributed by atoms with Crippen molar-refractivity contribution in [2.45, 2.75) is 6.04 Å². The average molecular weight is 298 g/mol. The summed E-state index contributed by atoms with van der Waals surface area (Å²) in [5.41, 5.74) is 2.37. The SMILES string of the molecule is O=C(c1ccccc1)C([N+]#Cc1ccccc1)c1ccccc1. The zero-order valence-corrected chi connectivity index (χ0v) is 12.6. The van der Waals surface area contributed by atoms with Crippen LogP contribution >= 0.6 is 0 Å². The Bertz CT molecular complexity index is 831. The molecule has 0 aliphatic carbocycles. The Hall–Kier alpha value is -3.18. The molecule has 0 N–H and O–H groups in total. The Morgan fingerprint density at radius 3 is 1.87 bits per heavy atom. The highest BCUT2D eigenvalue weighted by molar-refractivity contribution is 6.01. The molecule has 3 rings (SSSR count). The third kappa shape index (κ3) is 3.72. The molecule has 0 aliphatic rings. The molecule has 23 heavy (non-hydrogen) atoms. The lowest BCUT2D eigenvalue weighted by atomic mass is 9.98. The van der Waals surface area contributed by atoms with E-state index in [4.69, 9.17) is 0 Å². The van der Waals surface area contributed by atoms with E-state index in [0.717, 1.165) is 11.1 Å². The van der Waals surface area contributed by atoms with Gasteiger partial charge in [-0.3, -0.25) is 4.79 Å². The maximum Gasteiger partial charge on any atom is 0.359 e. The second kappa shape index (κ2) is 7.20.